The Morgan fingerprint density at radius 1 is 0.966 bits per heavy atom. The van der Waals surface area contributed by atoms with Gasteiger partial charge in [-0.1, -0.05) is 24.3 Å². The fourth-order valence-corrected chi connectivity index (χ4v) is 2.00. The molecule has 6 nitrogen and oxygen atoms in total. The molecule has 0 aromatic heterocycles. The molecule has 4 N–H and O–H groups in total. The molecule has 0 saturated carbocycles. The second kappa shape index (κ2) is 16.1. The third-order valence-electron chi connectivity index (χ3n) is 3.59. The molecule has 0 fully saturated rings. The molecule has 7 heteroatoms. The molecule has 0 aliphatic carbocycles. The molecule has 0 bridgehead atoms. The molecule has 0 aliphatic heterocycles. The van der Waals surface area contributed by atoms with Crippen LogP contribution in [0.15, 0.2) is 73.8 Å². The van der Waals surface area contributed by atoms with E-state index in [-0.39, 0.29) is 12.4 Å². The summed E-state index contributed by atoms with van der Waals surface area (Å²) in [7, 11) is 2.02. The van der Waals surface area contributed by atoms with Gasteiger partial charge in [-0.15, -0.1) is 13.2 Å². The summed E-state index contributed by atoms with van der Waals surface area (Å²) in [4.78, 5) is 10.2. The number of methoxy groups -OCH3 is 2. The number of allylic oxidation sites excluding steroid dienone is 1. The number of ether oxygens (including phenoxy) is 2. The Bertz CT molecular complexity index is 702. The molecule has 0 spiro atoms. The monoisotopic (exact) mass is 399 g/mol. The van der Waals surface area contributed by atoms with E-state index >= 15 is 0 Å². The lowest BCUT2D eigenvalue weighted by molar-refractivity contribution is 0.112. The van der Waals surface area contributed by atoms with E-state index in [9.17, 15) is 4.79 Å². The molecule has 2 rings (SSSR count). The van der Waals surface area contributed by atoms with Crippen LogP contribution in [0.4, 0.5) is 0 Å². The molecular formula is C22H30BNO5. The summed E-state index contributed by atoms with van der Waals surface area (Å²) in [6.07, 6.45) is 5.13. The van der Waals surface area contributed by atoms with Gasteiger partial charge >= 0.3 is 7.12 Å². The Morgan fingerprint density at radius 2 is 1.45 bits per heavy atom. The number of carbonyl (C=O) groups excluding carboxylic acids is 1. The minimum atomic E-state index is -1.22. The number of nitrogens with two attached hydrogens (primary N) is 1. The van der Waals surface area contributed by atoms with Crippen LogP contribution in [0.1, 0.15) is 28.4 Å². The van der Waals surface area contributed by atoms with Crippen LogP contribution >= 0.6 is 0 Å². The molecule has 2 aromatic rings. The summed E-state index contributed by atoms with van der Waals surface area (Å²) in [5.41, 5.74) is 7.66. The average Bonchev–Trinajstić information content (AvgIpc) is 2.75. The van der Waals surface area contributed by atoms with E-state index in [0.29, 0.717) is 5.56 Å². The van der Waals surface area contributed by atoms with E-state index in [0.717, 1.165) is 29.8 Å². The van der Waals surface area contributed by atoms with Crippen molar-refractivity contribution >= 4 is 13.4 Å². The van der Waals surface area contributed by atoms with Crippen molar-refractivity contribution in [2.75, 3.05) is 14.2 Å². The highest BCUT2D eigenvalue weighted by Crippen LogP contribution is 2.18. The number of carbonyl (C=O) groups is 1. The van der Waals surface area contributed by atoms with Crippen LogP contribution in [0, 0.1) is 0 Å². The molecule has 29 heavy (non-hydrogen) atoms. The van der Waals surface area contributed by atoms with Crippen molar-refractivity contribution in [2.45, 2.75) is 18.8 Å². The van der Waals surface area contributed by atoms with Gasteiger partial charge in [-0.2, -0.15) is 0 Å². The van der Waals surface area contributed by atoms with Crippen molar-refractivity contribution < 1.29 is 24.3 Å². The zero-order chi connectivity index (χ0) is 22.1. The number of aldehydes is 1. The predicted octanol–water partition coefficient (Wildman–Crippen LogP) is 3.42. The maximum absolute atomic E-state index is 10.2. The number of benzene rings is 2. The minimum absolute atomic E-state index is 0.0448. The first-order chi connectivity index (χ1) is 13.9. The highest BCUT2D eigenvalue weighted by atomic mass is 16.5. The average molecular weight is 399 g/mol. The third kappa shape index (κ3) is 12.3. The van der Waals surface area contributed by atoms with Gasteiger partial charge in [-0.25, -0.2) is 0 Å². The zero-order valence-electron chi connectivity index (χ0n) is 17.0. The second-order valence-electron chi connectivity index (χ2n) is 5.80. The normalized spacial score (nSPS) is 10.1. The van der Waals surface area contributed by atoms with Crippen LogP contribution in [0.3, 0.4) is 0 Å². The van der Waals surface area contributed by atoms with Gasteiger partial charge in [0.2, 0.25) is 0 Å². The molecule has 0 aliphatic rings. The summed E-state index contributed by atoms with van der Waals surface area (Å²) in [5.74, 6) is 1.63. The summed E-state index contributed by atoms with van der Waals surface area (Å²) in [6.45, 7) is 6.94. The van der Waals surface area contributed by atoms with Crippen molar-refractivity contribution in [3.05, 3.63) is 85.0 Å². The molecular weight excluding hydrogens is 369 g/mol. The molecule has 1 unspecified atom stereocenters. The highest BCUT2D eigenvalue weighted by Gasteiger charge is 2.02. The fraction of sp³-hybridized carbons (Fsp3) is 0.227. The van der Waals surface area contributed by atoms with E-state index in [4.69, 9.17) is 25.3 Å². The van der Waals surface area contributed by atoms with Crippen molar-refractivity contribution in [2.24, 2.45) is 5.73 Å². The first-order valence-electron chi connectivity index (χ1n) is 8.98. The van der Waals surface area contributed by atoms with Gasteiger partial charge in [0.1, 0.15) is 17.8 Å². The first-order valence-corrected chi connectivity index (χ1v) is 8.98. The zero-order valence-corrected chi connectivity index (χ0v) is 17.0. The van der Waals surface area contributed by atoms with E-state index in [1.165, 1.54) is 6.08 Å². The van der Waals surface area contributed by atoms with E-state index in [1.54, 1.807) is 38.5 Å². The van der Waals surface area contributed by atoms with Crippen LogP contribution in [0.25, 0.3) is 0 Å². The predicted molar refractivity (Wildman–Crippen MR) is 118 cm³/mol. The van der Waals surface area contributed by atoms with Crippen molar-refractivity contribution in [1.29, 1.82) is 0 Å². The quantitative estimate of drug-likeness (QED) is 0.357. The van der Waals surface area contributed by atoms with Crippen molar-refractivity contribution in [3.63, 3.8) is 0 Å². The molecule has 1 atom stereocenters. The Labute approximate surface area is 173 Å². The SMILES string of the molecule is C=CCB(O)O.C=CCC(N)c1ccc(OC)cc1.COc1ccc(C=O)cc1. The van der Waals surface area contributed by atoms with E-state index in [1.807, 2.05) is 30.3 Å². The van der Waals surface area contributed by atoms with Gasteiger partial charge < -0.3 is 25.3 Å². The van der Waals surface area contributed by atoms with Crippen molar-refractivity contribution in [3.8, 4) is 11.5 Å². The molecule has 0 amide bonds. The highest BCUT2D eigenvalue weighted by molar-refractivity contribution is 6.41. The lowest BCUT2D eigenvalue weighted by atomic mass is 9.87. The summed E-state index contributed by atoms with van der Waals surface area (Å²) < 4.78 is 9.95. The lowest BCUT2D eigenvalue weighted by Crippen LogP contribution is -2.08. The fourth-order valence-electron chi connectivity index (χ4n) is 2.00. The van der Waals surface area contributed by atoms with E-state index in [2.05, 4.69) is 13.2 Å². The number of hydrogen-bond acceptors (Lipinski definition) is 6. The molecule has 0 saturated heterocycles. The van der Waals surface area contributed by atoms with Gasteiger partial charge in [0, 0.05) is 11.6 Å². The number of rotatable bonds is 8. The summed E-state index contributed by atoms with van der Waals surface area (Å²) >= 11 is 0. The Morgan fingerprint density at radius 3 is 1.76 bits per heavy atom. The standard InChI is InChI=1S/C11H15NO.C8H8O2.C3H7BO2/c1-3-4-11(12)9-5-7-10(13-2)8-6-9;1-10-8-4-2-7(6-9)3-5-8;1-2-3-4(5)6/h3,5-8,11H,1,4,12H2,2H3;2-6H,1H3;2,5-6H,1,3H2. The number of hydrogen-bond donors (Lipinski definition) is 3. The van der Waals surface area contributed by atoms with Crippen LogP contribution in [0.2, 0.25) is 6.32 Å². The first kappa shape index (κ1) is 26.1. The Kier molecular flexibility index (Phi) is 14.5. The summed E-state index contributed by atoms with van der Waals surface area (Å²) in [5, 5.41) is 16.1. The van der Waals surface area contributed by atoms with Gasteiger partial charge in [0.15, 0.2) is 0 Å². The van der Waals surface area contributed by atoms with Crippen LogP contribution in [-0.2, 0) is 0 Å². The topological polar surface area (TPSA) is 102 Å². The Balaban J connectivity index is 0.000000436. The summed E-state index contributed by atoms with van der Waals surface area (Å²) in [6, 6.07) is 14.8. The smallest absolute Gasteiger partial charge is 0.455 e. The van der Waals surface area contributed by atoms with Crippen molar-refractivity contribution in [1.82, 2.24) is 0 Å². The third-order valence-corrected chi connectivity index (χ3v) is 3.59. The van der Waals surface area contributed by atoms with Crippen LogP contribution < -0.4 is 15.2 Å². The second-order valence-corrected chi connectivity index (χ2v) is 5.80. The maximum Gasteiger partial charge on any atom is 0.455 e. The molecule has 2 aromatic carbocycles. The van der Waals surface area contributed by atoms with E-state index < -0.39 is 7.12 Å². The molecule has 156 valence electrons. The van der Waals surface area contributed by atoms with Gasteiger partial charge in [-0.3, -0.25) is 4.79 Å². The van der Waals surface area contributed by atoms with Crippen LogP contribution in [0.5, 0.6) is 11.5 Å². The largest absolute Gasteiger partial charge is 0.497 e. The van der Waals surface area contributed by atoms with Gasteiger partial charge in [0.05, 0.1) is 14.2 Å². The van der Waals surface area contributed by atoms with Crippen LogP contribution in [-0.4, -0.2) is 37.7 Å². The molecule has 0 radical (unpaired) electrons. The van der Waals surface area contributed by atoms with Gasteiger partial charge in [-0.05, 0) is 54.7 Å². The maximum atomic E-state index is 10.2. The Hall–Kier alpha value is -2.87. The lowest BCUT2D eigenvalue weighted by Gasteiger charge is -2.09. The minimum Gasteiger partial charge on any atom is -0.497 e. The molecule has 0 heterocycles. The van der Waals surface area contributed by atoms with Gasteiger partial charge in [0.25, 0.3) is 0 Å².